The average molecular weight is 408 g/mol. The summed E-state index contributed by atoms with van der Waals surface area (Å²) in [5.74, 6) is 0.943. The van der Waals surface area contributed by atoms with Gasteiger partial charge in [0.15, 0.2) is 5.96 Å². The first-order valence-corrected chi connectivity index (χ1v) is 7.20. The zero-order valence-corrected chi connectivity index (χ0v) is 16.0. The summed E-state index contributed by atoms with van der Waals surface area (Å²) < 4.78 is 7.18. The van der Waals surface area contributed by atoms with Gasteiger partial charge in [-0.25, -0.2) is 0 Å². The fourth-order valence-corrected chi connectivity index (χ4v) is 2.11. The number of hydrogen-bond donors (Lipinski definition) is 1. The van der Waals surface area contributed by atoms with Gasteiger partial charge in [-0.2, -0.15) is 0 Å². The molecule has 0 aromatic carbocycles. The van der Waals surface area contributed by atoms with Gasteiger partial charge in [0.05, 0.1) is 6.54 Å². The highest BCUT2D eigenvalue weighted by molar-refractivity contribution is 14.0. The lowest BCUT2D eigenvalue weighted by Crippen LogP contribution is -2.39. The smallest absolute Gasteiger partial charge is 0.193 e. The van der Waals surface area contributed by atoms with Crippen LogP contribution in [0.1, 0.15) is 25.0 Å². The van der Waals surface area contributed by atoms with Crippen molar-refractivity contribution in [2.24, 2.45) is 12.0 Å². The Balaban J connectivity index is 0.00000400. The molecule has 0 unspecified atom stereocenters. The Hall–Kier alpha value is -0.760. The van der Waals surface area contributed by atoms with Gasteiger partial charge in [0.2, 0.25) is 0 Å². The second-order valence-electron chi connectivity index (χ2n) is 4.99. The fraction of sp³-hybridized carbons (Fsp3) is 0.667. The minimum absolute atomic E-state index is 0. The summed E-state index contributed by atoms with van der Waals surface area (Å²) in [5, 5.41) is 3.40. The van der Waals surface area contributed by atoms with Gasteiger partial charge in [-0.1, -0.05) is 0 Å². The molecule has 0 bridgehead atoms. The summed E-state index contributed by atoms with van der Waals surface area (Å²) in [4.78, 5) is 6.47. The number of aromatic nitrogens is 1. The van der Waals surface area contributed by atoms with E-state index in [-0.39, 0.29) is 24.0 Å². The molecule has 0 amide bonds. The minimum Gasteiger partial charge on any atom is -0.385 e. The quantitative estimate of drug-likeness (QED) is 0.311. The summed E-state index contributed by atoms with van der Waals surface area (Å²) >= 11 is 0. The highest BCUT2D eigenvalue weighted by atomic mass is 127. The van der Waals surface area contributed by atoms with Gasteiger partial charge < -0.3 is 19.5 Å². The molecule has 0 saturated heterocycles. The lowest BCUT2D eigenvalue weighted by molar-refractivity contribution is 0.192. The maximum atomic E-state index is 5.04. The summed E-state index contributed by atoms with van der Waals surface area (Å²) in [6.07, 6.45) is 5.50. The monoisotopic (exact) mass is 408 g/mol. The van der Waals surface area contributed by atoms with Crippen molar-refractivity contribution in [2.45, 2.75) is 25.8 Å². The molecule has 5 nitrogen and oxygen atoms in total. The van der Waals surface area contributed by atoms with Gasteiger partial charge in [0.25, 0.3) is 0 Å². The lowest BCUT2D eigenvalue weighted by Gasteiger charge is -2.22. The number of nitrogens with one attached hydrogen (secondary N) is 1. The number of nitrogens with zero attached hydrogens (tertiary/aromatic N) is 3. The van der Waals surface area contributed by atoms with Crippen LogP contribution in [-0.4, -0.2) is 49.8 Å². The molecule has 21 heavy (non-hydrogen) atoms. The Morgan fingerprint density at radius 1 is 1.38 bits per heavy atom. The predicted octanol–water partition coefficient (Wildman–Crippen LogP) is 2.47. The van der Waals surface area contributed by atoms with Crippen molar-refractivity contribution < 1.29 is 4.74 Å². The van der Waals surface area contributed by atoms with Crippen molar-refractivity contribution >= 4 is 29.9 Å². The molecule has 0 spiro atoms. The zero-order valence-electron chi connectivity index (χ0n) is 13.6. The van der Waals surface area contributed by atoms with Gasteiger partial charge in [0.1, 0.15) is 0 Å². The van der Waals surface area contributed by atoms with Gasteiger partial charge >= 0.3 is 0 Å². The van der Waals surface area contributed by atoms with Crippen molar-refractivity contribution in [3.8, 4) is 0 Å². The maximum absolute atomic E-state index is 5.04. The van der Waals surface area contributed by atoms with Gasteiger partial charge in [0, 0.05) is 53.3 Å². The van der Waals surface area contributed by atoms with Crippen LogP contribution in [0, 0.1) is 0 Å². The summed E-state index contributed by atoms with van der Waals surface area (Å²) in [7, 11) is 7.70. The SMILES string of the molecule is CN=C(NCCCCCOC)N(C)Cc1cccn1C.I. The Bertz CT molecular complexity index is 406. The van der Waals surface area contributed by atoms with Crippen LogP contribution in [0.2, 0.25) is 0 Å². The van der Waals surface area contributed by atoms with Crippen molar-refractivity contribution in [3.05, 3.63) is 24.0 Å². The molecule has 0 radical (unpaired) electrons. The zero-order chi connectivity index (χ0) is 14.8. The molecule has 122 valence electrons. The van der Waals surface area contributed by atoms with Crippen LogP contribution in [0.4, 0.5) is 0 Å². The number of hydrogen-bond acceptors (Lipinski definition) is 2. The van der Waals surface area contributed by atoms with E-state index >= 15 is 0 Å². The number of aliphatic imine (C=N–C) groups is 1. The lowest BCUT2D eigenvalue weighted by atomic mass is 10.2. The molecular weight excluding hydrogens is 379 g/mol. The number of halogens is 1. The van der Waals surface area contributed by atoms with Gasteiger partial charge in [-0.3, -0.25) is 4.99 Å². The third-order valence-electron chi connectivity index (χ3n) is 3.33. The van der Waals surface area contributed by atoms with Crippen molar-refractivity contribution in [1.82, 2.24) is 14.8 Å². The molecule has 0 atom stereocenters. The topological polar surface area (TPSA) is 41.8 Å². The summed E-state index contributed by atoms with van der Waals surface area (Å²) in [6.45, 7) is 2.66. The number of aryl methyl sites for hydroxylation is 1. The molecule has 1 rings (SSSR count). The Labute approximate surface area is 145 Å². The van der Waals surface area contributed by atoms with E-state index in [9.17, 15) is 0 Å². The maximum Gasteiger partial charge on any atom is 0.193 e. The summed E-state index contributed by atoms with van der Waals surface area (Å²) in [5.41, 5.74) is 1.27. The number of rotatable bonds is 8. The van der Waals surface area contributed by atoms with E-state index in [0.717, 1.165) is 38.5 Å². The van der Waals surface area contributed by atoms with Crippen LogP contribution in [-0.2, 0) is 18.3 Å². The Morgan fingerprint density at radius 2 is 2.14 bits per heavy atom. The van der Waals surface area contributed by atoms with Gasteiger partial charge in [-0.15, -0.1) is 24.0 Å². The van der Waals surface area contributed by atoms with E-state index in [1.807, 2.05) is 7.05 Å². The molecule has 0 aliphatic rings. The third-order valence-corrected chi connectivity index (χ3v) is 3.33. The molecule has 1 heterocycles. The molecule has 0 saturated carbocycles. The first-order valence-electron chi connectivity index (χ1n) is 7.20. The first kappa shape index (κ1) is 20.2. The number of ether oxygens (including phenoxy) is 1. The van der Waals surface area contributed by atoms with Crippen LogP contribution < -0.4 is 5.32 Å². The number of guanidine groups is 1. The normalized spacial score (nSPS) is 11.1. The van der Waals surface area contributed by atoms with E-state index in [4.69, 9.17) is 4.74 Å². The third kappa shape index (κ3) is 7.71. The van der Waals surface area contributed by atoms with Crippen LogP contribution in [0.15, 0.2) is 23.3 Å². The Kier molecular flexibility index (Phi) is 11.4. The molecular formula is C15H29IN4O. The van der Waals surface area contributed by atoms with Crippen LogP contribution >= 0.6 is 24.0 Å². The van der Waals surface area contributed by atoms with Crippen LogP contribution in [0.5, 0.6) is 0 Å². The average Bonchev–Trinajstić information content (AvgIpc) is 2.83. The molecule has 0 aliphatic heterocycles. The van der Waals surface area contributed by atoms with E-state index in [2.05, 4.69) is 52.2 Å². The van der Waals surface area contributed by atoms with E-state index in [1.165, 1.54) is 12.1 Å². The van der Waals surface area contributed by atoms with Crippen molar-refractivity contribution in [2.75, 3.05) is 34.4 Å². The molecule has 0 aliphatic carbocycles. The number of unbranched alkanes of at least 4 members (excludes halogenated alkanes) is 2. The van der Waals surface area contributed by atoms with E-state index < -0.39 is 0 Å². The van der Waals surface area contributed by atoms with Crippen molar-refractivity contribution in [3.63, 3.8) is 0 Å². The highest BCUT2D eigenvalue weighted by Crippen LogP contribution is 2.03. The molecule has 0 fully saturated rings. The summed E-state index contributed by atoms with van der Waals surface area (Å²) in [6, 6.07) is 4.20. The highest BCUT2D eigenvalue weighted by Gasteiger charge is 2.07. The molecule has 1 aromatic rings. The van der Waals surface area contributed by atoms with Gasteiger partial charge in [-0.05, 0) is 31.4 Å². The molecule has 1 N–H and O–H groups in total. The number of methoxy groups -OCH3 is 1. The largest absolute Gasteiger partial charge is 0.385 e. The fourth-order valence-electron chi connectivity index (χ4n) is 2.11. The predicted molar refractivity (Wildman–Crippen MR) is 99.4 cm³/mol. The van der Waals surface area contributed by atoms with E-state index in [1.54, 1.807) is 7.11 Å². The van der Waals surface area contributed by atoms with Crippen LogP contribution in [0.3, 0.4) is 0 Å². The van der Waals surface area contributed by atoms with Crippen molar-refractivity contribution in [1.29, 1.82) is 0 Å². The second kappa shape index (κ2) is 11.9. The minimum atomic E-state index is 0. The molecule has 6 heteroatoms. The Morgan fingerprint density at radius 3 is 2.71 bits per heavy atom. The molecule has 1 aromatic heterocycles. The first-order chi connectivity index (χ1) is 9.69. The standard InChI is InChI=1S/C15H28N4O.HI/c1-16-15(17-10-6-5-7-12-20-4)19(3)13-14-9-8-11-18(14)2;/h8-9,11H,5-7,10,12-13H2,1-4H3,(H,16,17);1H. The van der Waals surface area contributed by atoms with Crippen LogP contribution in [0.25, 0.3) is 0 Å². The second-order valence-corrected chi connectivity index (χ2v) is 4.99. The van der Waals surface area contributed by atoms with E-state index in [0.29, 0.717) is 0 Å².